The van der Waals surface area contributed by atoms with E-state index in [0.29, 0.717) is 0 Å². The number of ether oxygens (including phenoxy) is 1. The van der Waals surface area contributed by atoms with Crippen molar-refractivity contribution < 1.29 is 38.3 Å². The molecule has 0 amide bonds. The summed E-state index contributed by atoms with van der Waals surface area (Å²) in [5.74, 6) is -3.48. The monoisotopic (exact) mass is 218 g/mol. The van der Waals surface area contributed by atoms with Crippen molar-refractivity contribution in [3.05, 3.63) is 0 Å². The molecule has 1 fully saturated rings. The van der Waals surface area contributed by atoms with Gasteiger partial charge in [0.05, 0.1) is 0 Å². The van der Waals surface area contributed by atoms with Crippen LogP contribution in [-0.4, -0.2) is 57.3 Å². The van der Waals surface area contributed by atoms with E-state index in [0.717, 1.165) is 0 Å². The molecule has 0 saturated carbocycles. The lowest BCUT2D eigenvalue weighted by atomic mass is 9.97. The van der Waals surface area contributed by atoms with Gasteiger partial charge in [0.2, 0.25) is 0 Å². The second kappa shape index (κ2) is 3.31. The number of rotatable bonds is 1. The van der Waals surface area contributed by atoms with Crippen LogP contribution in [0.25, 0.3) is 0 Å². The van der Waals surface area contributed by atoms with Crippen LogP contribution in [0.4, 0.5) is 13.2 Å². The Morgan fingerprint density at radius 1 is 1.07 bits per heavy atom. The van der Waals surface area contributed by atoms with E-state index in [1.54, 1.807) is 0 Å². The van der Waals surface area contributed by atoms with E-state index in [2.05, 4.69) is 4.74 Å². The molecule has 84 valence electrons. The van der Waals surface area contributed by atoms with Gasteiger partial charge in [0.25, 0.3) is 5.85 Å². The van der Waals surface area contributed by atoms with E-state index in [4.69, 9.17) is 20.4 Å². The third-order valence-electron chi connectivity index (χ3n) is 1.95. The molecule has 0 bridgehead atoms. The molecule has 1 aliphatic heterocycles. The van der Waals surface area contributed by atoms with Gasteiger partial charge >= 0.3 is 6.11 Å². The molecule has 5 nitrogen and oxygen atoms in total. The van der Waals surface area contributed by atoms with Crippen molar-refractivity contribution in [2.45, 2.75) is 30.3 Å². The average Bonchev–Trinajstić information content (AvgIpc) is 2.11. The third-order valence-corrected chi connectivity index (χ3v) is 1.95. The van der Waals surface area contributed by atoms with Crippen LogP contribution in [0.2, 0.25) is 0 Å². The Morgan fingerprint density at radius 3 is 2.00 bits per heavy atom. The average molecular weight is 218 g/mol. The summed E-state index contributed by atoms with van der Waals surface area (Å²) in [4.78, 5) is 0. The number of hydrogen-bond acceptors (Lipinski definition) is 5. The first kappa shape index (κ1) is 11.7. The first-order valence-electron chi connectivity index (χ1n) is 3.66. The van der Waals surface area contributed by atoms with Gasteiger partial charge < -0.3 is 20.4 Å². The fourth-order valence-corrected chi connectivity index (χ4v) is 1.10. The predicted octanol–water partition coefficient (Wildman–Crippen LogP) is -1.65. The number of aliphatic hydroxyl groups excluding tert-OH is 4. The van der Waals surface area contributed by atoms with Crippen molar-refractivity contribution in [3.8, 4) is 0 Å². The standard InChI is InChI=1S/C6H9F3O5/c7-5(1-10)3(12)2(11)4(13)6(8,9)14-5/h2-4,10-13H,1H2/t2-,3-,4+,5-/m0/s1. The normalized spacial score (nSPS) is 47.8. The SMILES string of the molecule is OC[C@]1(F)OC(F)(F)[C@H](O)[C@@H](O)[C@@H]1O. The highest BCUT2D eigenvalue weighted by atomic mass is 19.3. The topological polar surface area (TPSA) is 90.2 Å². The molecule has 0 aromatic heterocycles. The first-order valence-corrected chi connectivity index (χ1v) is 3.66. The smallest absolute Gasteiger partial charge is 0.386 e. The minimum absolute atomic E-state index is 1.56. The van der Waals surface area contributed by atoms with Gasteiger partial charge in [-0.15, -0.1) is 0 Å². The summed E-state index contributed by atoms with van der Waals surface area (Å²) >= 11 is 0. The summed E-state index contributed by atoms with van der Waals surface area (Å²) in [6, 6.07) is 0. The molecule has 1 aliphatic rings. The van der Waals surface area contributed by atoms with Crippen LogP contribution in [0.5, 0.6) is 0 Å². The second-order valence-electron chi connectivity index (χ2n) is 2.99. The molecule has 4 atom stereocenters. The summed E-state index contributed by atoms with van der Waals surface area (Å²) < 4.78 is 41.8. The fraction of sp³-hybridized carbons (Fsp3) is 1.00. The van der Waals surface area contributed by atoms with E-state index in [9.17, 15) is 13.2 Å². The molecule has 4 N–H and O–H groups in total. The maximum atomic E-state index is 13.1. The van der Waals surface area contributed by atoms with Crippen molar-refractivity contribution in [1.29, 1.82) is 0 Å². The zero-order valence-corrected chi connectivity index (χ0v) is 6.77. The van der Waals surface area contributed by atoms with Gasteiger partial charge in [-0.1, -0.05) is 0 Å². The van der Waals surface area contributed by atoms with Crippen LogP contribution in [0.15, 0.2) is 0 Å². The molecule has 0 aromatic carbocycles. The van der Waals surface area contributed by atoms with Crippen molar-refractivity contribution in [2.24, 2.45) is 0 Å². The van der Waals surface area contributed by atoms with E-state index in [1.807, 2.05) is 0 Å². The Bertz CT molecular complexity index is 226. The quantitative estimate of drug-likeness (QED) is 0.423. The van der Waals surface area contributed by atoms with Crippen LogP contribution in [-0.2, 0) is 4.74 Å². The molecule has 1 rings (SSSR count). The molecule has 0 aliphatic carbocycles. The maximum Gasteiger partial charge on any atom is 0.386 e. The molecule has 8 heteroatoms. The van der Waals surface area contributed by atoms with Crippen LogP contribution in [0.3, 0.4) is 0 Å². The fourth-order valence-electron chi connectivity index (χ4n) is 1.10. The maximum absolute atomic E-state index is 13.1. The highest BCUT2D eigenvalue weighted by Crippen LogP contribution is 2.38. The molecular weight excluding hydrogens is 209 g/mol. The predicted molar refractivity (Wildman–Crippen MR) is 35.0 cm³/mol. The molecule has 0 aromatic rings. The van der Waals surface area contributed by atoms with Gasteiger partial charge in [0, 0.05) is 0 Å². The van der Waals surface area contributed by atoms with Gasteiger partial charge in [-0.3, -0.25) is 4.74 Å². The second-order valence-corrected chi connectivity index (χ2v) is 2.99. The van der Waals surface area contributed by atoms with Crippen molar-refractivity contribution >= 4 is 0 Å². The minimum Gasteiger partial charge on any atom is -0.390 e. The summed E-state index contributed by atoms with van der Waals surface area (Å²) in [7, 11) is 0. The third kappa shape index (κ3) is 1.59. The van der Waals surface area contributed by atoms with E-state index >= 15 is 0 Å². The highest BCUT2D eigenvalue weighted by Gasteiger charge is 2.62. The van der Waals surface area contributed by atoms with Crippen LogP contribution >= 0.6 is 0 Å². The van der Waals surface area contributed by atoms with Gasteiger partial charge in [0.1, 0.15) is 18.8 Å². The lowest BCUT2D eigenvalue weighted by Gasteiger charge is -2.42. The van der Waals surface area contributed by atoms with E-state index in [-0.39, 0.29) is 0 Å². The molecule has 14 heavy (non-hydrogen) atoms. The van der Waals surface area contributed by atoms with Gasteiger partial charge in [-0.25, -0.2) is 4.39 Å². The highest BCUT2D eigenvalue weighted by molar-refractivity contribution is 4.96. The Morgan fingerprint density at radius 2 is 1.57 bits per heavy atom. The zero-order valence-electron chi connectivity index (χ0n) is 6.77. The van der Waals surface area contributed by atoms with Crippen LogP contribution in [0, 0.1) is 0 Å². The number of hydrogen-bond donors (Lipinski definition) is 4. The Kier molecular flexibility index (Phi) is 2.76. The van der Waals surface area contributed by atoms with Gasteiger partial charge in [-0.2, -0.15) is 8.78 Å². The lowest BCUT2D eigenvalue weighted by Crippen LogP contribution is -2.66. The first-order chi connectivity index (χ1) is 6.24. The molecule has 1 saturated heterocycles. The molecular formula is C6H9F3O5. The molecule has 0 spiro atoms. The summed E-state index contributed by atoms with van der Waals surface area (Å²) in [6.07, 6.45) is -12.0. The molecule has 0 radical (unpaired) electrons. The van der Waals surface area contributed by atoms with Crippen molar-refractivity contribution in [3.63, 3.8) is 0 Å². The largest absolute Gasteiger partial charge is 0.390 e. The van der Waals surface area contributed by atoms with Crippen molar-refractivity contribution in [2.75, 3.05) is 6.61 Å². The van der Waals surface area contributed by atoms with E-state index < -0.39 is 36.9 Å². The van der Waals surface area contributed by atoms with Crippen molar-refractivity contribution in [1.82, 2.24) is 0 Å². The summed E-state index contributed by atoms with van der Waals surface area (Å²) in [5.41, 5.74) is 0. The number of halogens is 3. The zero-order chi connectivity index (χ0) is 11.1. The van der Waals surface area contributed by atoms with E-state index in [1.165, 1.54) is 0 Å². The number of aliphatic hydroxyl groups is 4. The minimum atomic E-state index is -4.36. The summed E-state index contributed by atoms with van der Waals surface area (Å²) in [5, 5.41) is 34.8. The van der Waals surface area contributed by atoms with Gasteiger partial charge in [-0.05, 0) is 0 Å². The van der Waals surface area contributed by atoms with Crippen LogP contribution in [0.1, 0.15) is 0 Å². The molecule has 0 unspecified atom stereocenters. The Labute approximate surface area is 76.3 Å². The Hall–Kier alpha value is -0.410. The number of alkyl halides is 3. The van der Waals surface area contributed by atoms with Gasteiger partial charge in [0.15, 0.2) is 6.10 Å². The summed E-state index contributed by atoms with van der Waals surface area (Å²) in [6.45, 7) is -1.56. The Balaban J connectivity index is 2.96. The molecule has 1 heterocycles. The lowest BCUT2D eigenvalue weighted by molar-refractivity contribution is -0.432. The van der Waals surface area contributed by atoms with Crippen LogP contribution < -0.4 is 0 Å².